The molecule has 4 aromatic carbocycles. The number of sulfone groups is 4. The monoisotopic (exact) mass is 2150 g/mol. The molecule has 12 aromatic heterocycles. The van der Waals surface area contributed by atoms with Crippen molar-refractivity contribution in [1.29, 1.82) is 0 Å². The van der Waals surface area contributed by atoms with E-state index in [1.165, 1.54) is 104 Å². The second-order valence-electron chi connectivity index (χ2n) is 32.3. The summed E-state index contributed by atoms with van der Waals surface area (Å²) in [5.74, 6) is -1.84. The van der Waals surface area contributed by atoms with Gasteiger partial charge in [0.1, 0.15) is 63.1 Å². The van der Waals surface area contributed by atoms with Crippen molar-refractivity contribution in [3.8, 4) is 23.3 Å². The number of benzene rings is 4. The summed E-state index contributed by atoms with van der Waals surface area (Å²) in [6.45, 7) is 5.59. The van der Waals surface area contributed by atoms with E-state index in [0.29, 0.717) is 84.4 Å². The average molecular weight is 2160 g/mol. The number of likely N-dealkylation sites (N-methyl/N-ethyl adjacent to an activating group) is 1. The predicted octanol–water partition coefficient (Wildman–Crippen LogP) is 17.2. The molecule has 16 aromatic rings. The molecule has 1 aliphatic rings. The molecule has 0 aliphatic heterocycles. The number of ketones is 4. The maximum Gasteiger partial charge on any atom is 0.264 e. The number of carbonyl (C=O) groups is 4. The number of carbonyl (C=O) groups excluding carboxylic acids is 4. The highest BCUT2D eigenvalue weighted by Crippen LogP contribution is 2.34. The minimum atomic E-state index is -3.74. The van der Waals surface area contributed by atoms with Gasteiger partial charge in [-0.05, 0) is 263 Å². The first-order valence-corrected chi connectivity index (χ1v) is 54.7. The number of nitrogens with one attached hydrogen (secondary N) is 4. The van der Waals surface area contributed by atoms with Crippen LogP contribution < -0.4 is 43.5 Å². The van der Waals surface area contributed by atoms with E-state index < -0.39 is 85.5 Å². The van der Waals surface area contributed by atoms with Crippen LogP contribution in [0.3, 0.4) is 0 Å². The summed E-state index contributed by atoms with van der Waals surface area (Å²) in [4.78, 5) is 121. The highest BCUT2D eigenvalue weighted by atomic mass is 79.9. The van der Waals surface area contributed by atoms with Crippen molar-refractivity contribution in [2.75, 3.05) is 91.6 Å². The van der Waals surface area contributed by atoms with Gasteiger partial charge in [-0.3, -0.25) is 56.6 Å². The van der Waals surface area contributed by atoms with Crippen molar-refractivity contribution in [2.24, 2.45) is 5.92 Å². The third kappa shape index (κ3) is 26.5. The number of pyridine rings is 8. The van der Waals surface area contributed by atoms with Gasteiger partial charge < -0.3 is 26.2 Å². The molecule has 0 saturated heterocycles. The van der Waals surface area contributed by atoms with E-state index >= 15 is 0 Å². The number of anilines is 4. The highest BCUT2D eigenvalue weighted by Gasteiger charge is 2.28. The zero-order chi connectivity index (χ0) is 98.5. The van der Waals surface area contributed by atoms with Crippen LogP contribution in [-0.4, -0.2) is 170 Å². The van der Waals surface area contributed by atoms with Gasteiger partial charge in [0.15, 0.2) is 62.5 Å². The van der Waals surface area contributed by atoms with E-state index in [1.54, 1.807) is 98.6 Å². The number of halogens is 5. The Bertz CT molecular complexity index is 8060. The molecular weight excluding hydrogens is 2070 g/mol. The lowest BCUT2D eigenvalue weighted by molar-refractivity contribution is -0.116. The lowest BCUT2D eigenvalue weighted by Crippen LogP contribution is -2.21. The van der Waals surface area contributed by atoms with Crippen LogP contribution in [0.5, 0.6) is 0 Å². The first-order valence-electron chi connectivity index (χ1n) is 42.5. The predicted molar refractivity (Wildman–Crippen MR) is 554 cm³/mol. The molecular formula is C96H86BrCl4N13O16S8. The van der Waals surface area contributed by atoms with Gasteiger partial charge in [-0.1, -0.05) is 77.6 Å². The van der Waals surface area contributed by atoms with Crippen LogP contribution in [0.1, 0.15) is 48.4 Å². The quantitative estimate of drug-likeness (QED) is 0.0286. The van der Waals surface area contributed by atoms with Crippen molar-refractivity contribution in [3.63, 3.8) is 0 Å². The molecule has 0 unspecified atom stereocenters. The molecule has 0 spiro atoms. The molecule has 42 heteroatoms. The number of thiophene rings is 4. The number of hydrogen-bond donors (Lipinski definition) is 4. The summed E-state index contributed by atoms with van der Waals surface area (Å²) < 4.78 is 107. The van der Waals surface area contributed by atoms with Crippen LogP contribution in [0, 0.1) is 5.92 Å². The molecule has 0 bridgehead atoms. The lowest BCUT2D eigenvalue weighted by Gasteiger charge is -2.12. The van der Waals surface area contributed by atoms with Crippen LogP contribution >= 0.6 is 108 Å². The van der Waals surface area contributed by atoms with E-state index in [9.17, 15) is 72.0 Å². The van der Waals surface area contributed by atoms with Crippen LogP contribution in [-0.2, 0) is 84.2 Å². The smallest absolute Gasteiger partial charge is 0.264 e. The van der Waals surface area contributed by atoms with Gasteiger partial charge in [-0.25, -0.2) is 53.6 Å². The standard InChI is InChI=1S/C25H25ClN4O4S2.C25H22ClN3O4S2.C24H22ClN3O4S2.C22H17BrClN3O4S2/c1-29(2)12-10-27-19-4-5-21-18(14-19)9-11-30(25(21)32)23-7-3-17(15-28-23)13-20(31)16-36(33,34)24-8-6-22(26)35-24;26-22-6-8-24(34-22)35(32,33)15-20(30)11-17-3-7-23(28-14-17)29-10-9-18-12-19(27-13-16-1-2-16)4-5-21(18)25(29)31;1-2-10-26-18-4-5-20-17(13-18)9-11-28(24(20)30)22-7-3-16(14-27-22)12-19(29)15-34(31,32)23-8-6-21(25)33-23;1-25-18-9-14-6-7-27(22(29)16(14)10-17(18)23)20-4-2-13(11-26-20)8-15(28)12-33(30,31)21-5-3-19(24)32-21/h3-9,11,14-15,27H,10,12-13,16H2,1-2H3;3-10,12,14,16,27H,1-2,11,13,15H2;3-9,11,13-14,26H,2,10,12,15H2,1H3;2-7,9-11,25H,8,12H2,1H3. The lowest BCUT2D eigenvalue weighted by atomic mass is 10.1. The van der Waals surface area contributed by atoms with E-state index in [1.807, 2.05) is 86.9 Å². The van der Waals surface area contributed by atoms with Crippen LogP contribution in [0.15, 0.2) is 278 Å². The van der Waals surface area contributed by atoms with E-state index in [0.717, 1.165) is 133 Å². The fraction of sp³-hybridized carbons (Fsp3) is 0.208. The molecule has 714 valence electrons. The number of hydrogen-bond acceptors (Lipinski definition) is 29. The number of fused-ring (bicyclic) bond motifs is 4. The molecule has 1 aliphatic carbocycles. The zero-order valence-corrected chi connectivity index (χ0v) is 85.1. The van der Waals surface area contributed by atoms with Gasteiger partial charge in [0.05, 0.1) is 17.3 Å². The first-order chi connectivity index (χ1) is 65.8. The zero-order valence-electron chi connectivity index (χ0n) is 73.9. The van der Waals surface area contributed by atoms with Gasteiger partial charge in [0.2, 0.25) is 0 Å². The van der Waals surface area contributed by atoms with Crippen molar-refractivity contribution in [2.45, 2.75) is 68.7 Å². The summed E-state index contributed by atoms with van der Waals surface area (Å²) in [5.41, 5.74) is 5.20. The second-order valence-corrected chi connectivity index (χ2v) is 48.8. The second kappa shape index (κ2) is 45.1. The molecule has 0 amide bonds. The van der Waals surface area contributed by atoms with Crippen molar-refractivity contribution < 1.29 is 52.8 Å². The largest absolute Gasteiger partial charge is 0.387 e. The van der Waals surface area contributed by atoms with Crippen molar-refractivity contribution in [1.82, 2.24) is 43.1 Å². The van der Waals surface area contributed by atoms with Crippen molar-refractivity contribution in [3.05, 3.63) is 323 Å². The third-order valence-electron chi connectivity index (χ3n) is 21.4. The molecule has 17 rings (SSSR count). The van der Waals surface area contributed by atoms with Gasteiger partial charge in [0, 0.05) is 157 Å². The number of nitrogens with zero attached hydrogens (tertiary/aromatic N) is 9. The topological polar surface area (TPSA) is 396 Å². The van der Waals surface area contributed by atoms with Gasteiger partial charge in [-0.2, -0.15) is 0 Å². The molecule has 1 fully saturated rings. The normalized spacial score (nSPS) is 12.2. The summed E-state index contributed by atoms with van der Waals surface area (Å²) >= 11 is 30.4. The fourth-order valence-electron chi connectivity index (χ4n) is 14.3. The fourth-order valence-corrected chi connectivity index (χ4v) is 26.1. The Morgan fingerprint density at radius 1 is 0.391 bits per heavy atom. The SMILES string of the molecule is CCCNc1ccc2c(=O)n(-c3ccc(CC(=O)CS(=O)(=O)c4ccc(Cl)s4)cn3)ccc2c1.CN(C)CCNc1ccc2c(=O)n(-c3ccc(CC(=O)CS(=O)(=O)c4ccc(Cl)s4)cn3)ccc2c1.CNc1cc2ccn(-c3ccc(CC(=O)CS(=O)(=O)c4ccc(Cl)s4)cn3)c(=O)c2cc1Br.O=C(Cc1ccc(-n2ccc3cc(NCC4CC4)ccc3c2=O)nc1)CS(=O)(=O)c1ccc(Cl)s1. The minimum absolute atomic E-state index is 0.0680. The van der Waals surface area contributed by atoms with Gasteiger partial charge in [-0.15, -0.1) is 45.3 Å². The van der Waals surface area contributed by atoms with Crippen LogP contribution in [0.2, 0.25) is 17.3 Å². The molecule has 0 atom stereocenters. The summed E-state index contributed by atoms with van der Waals surface area (Å²) in [7, 11) is -9.11. The summed E-state index contributed by atoms with van der Waals surface area (Å²) in [5, 5.41) is 18.7. The Hall–Kier alpha value is -11.6. The highest BCUT2D eigenvalue weighted by molar-refractivity contribution is 9.10. The number of rotatable bonds is 35. The van der Waals surface area contributed by atoms with Crippen molar-refractivity contribution >= 4 is 236 Å². The molecule has 4 N–H and O–H groups in total. The number of Topliss-reactive ketones (excluding diaryl/α,β-unsaturated/α-hetero) is 4. The van der Waals surface area contributed by atoms with E-state index in [4.69, 9.17) is 46.4 Å². The number of aromatic nitrogens is 8. The van der Waals surface area contributed by atoms with Gasteiger partial charge >= 0.3 is 0 Å². The Morgan fingerprint density at radius 3 is 0.957 bits per heavy atom. The van der Waals surface area contributed by atoms with Crippen LogP contribution in [0.25, 0.3) is 66.4 Å². The maximum atomic E-state index is 13.1. The molecule has 29 nitrogen and oxygen atoms in total. The van der Waals surface area contributed by atoms with E-state index in [2.05, 4.69) is 69.0 Å². The Morgan fingerprint density at radius 2 is 0.688 bits per heavy atom. The summed E-state index contributed by atoms with van der Waals surface area (Å²) in [6, 6.07) is 52.8. The Labute approximate surface area is 837 Å². The molecule has 1 saturated carbocycles. The summed E-state index contributed by atoms with van der Waals surface area (Å²) in [6.07, 6.45) is 15.8. The minimum Gasteiger partial charge on any atom is -0.387 e. The first kappa shape index (κ1) is 102. The molecule has 12 heterocycles. The van der Waals surface area contributed by atoms with Crippen LogP contribution in [0.4, 0.5) is 22.7 Å². The average Bonchev–Trinajstić information content (AvgIpc) is 0.928. The Kier molecular flexibility index (Phi) is 33.4. The van der Waals surface area contributed by atoms with E-state index in [-0.39, 0.29) is 64.8 Å². The van der Waals surface area contributed by atoms with Gasteiger partial charge in [0.25, 0.3) is 22.2 Å². The third-order valence-corrected chi connectivity index (χ3v) is 36.0. The maximum absolute atomic E-state index is 13.1. The Balaban J connectivity index is 0.000000147. The molecule has 138 heavy (non-hydrogen) atoms. The molecule has 0 radical (unpaired) electrons.